The van der Waals surface area contributed by atoms with Crippen LogP contribution in [0.25, 0.3) is 0 Å². The largest absolute Gasteiger partial charge is 0.497 e. The van der Waals surface area contributed by atoms with E-state index in [2.05, 4.69) is 48.6 Å². The maximum atomic E-state index is 5.28. The van der Waals surface area contributed by atoms with Gasteiger partial charge in [-0.15, -0.1) is 0 Å². The zero-order valence-electron chi connectivity index (χ0n) is 12.5. The quantitative estimate of drug-likeness (QED) is 0.868. The smallest absolute Gasteiger partial charge is 0.119 e. The van der Waals surface area contributed by atoms with Crippen LogP contribution in [0.1, 0.15) is 16.7 Å². The van der Waals surface area contributed by atoms with Crippen molar-refractivity contribution in [1.82, 2.24) is 5.32 Å². The maximum Gasteiger partial charge on any atom is 0.119 e. The Bertz CT molecular complexity index is 533. The van der Waals surface area contributed by atoms with E-state index in [0.29, 0.717) is 6.04 Å². The number of ether oxygens (including phenoxy) is 1. The lowest BCUT2D eigenvalue weighted by molar-refractivity contribution is 0.414. The van der Waals surface area contributed by atoms with E-state index in [1.807, 2.05) is 19.2 Å². The first-order chi connectivity index (χ1) is 9.71. The molecule has 2 aromatic carbocycles. The Hall–Kier alpha value is -1.80. The van der Waals surface area contributed by atoms with Crippen LogP contribution in [0.4, 0.5) is 0 Å². The number of hydrogen-bond donors (Lipinski definition) is 1. The summed E-state index contributed by atoms with van der Waals surface area (Å²) >= 11 is 0. The van der Waals surface area contributed by atoms with Gasteiger partial charge in [-0.3, -0.25) is 0 Å². The van der Waals surface area contributed by atoms with Crippen LogP contribution >= 0.6 is 0 Å². The van der Waals surface area contributed by atoms with E-state index in [1.165, 1.54) is 16.7 Å². The fourth-order valence-corrected chi connectivity index (χ4v) is 2.37. The van der Waals surface area contributed by atoms with Gasteiger partial charge in [-0.25, -0.2) is 0 Å². The van der Waals surface area contributed by atoms with E-state index < -0.39 is 0 Å². The predicted octanol–water partition coefficient (Wildman–Crippen LogP) is 3.38. The average molecular weight is 269 g/mol. The number of aryl methyl sites for hydroxylation is 1. The second-order valence-electron chi connectivity index (χ2n) is 5.23. The van der Waals surface area contributed by atoms with Gasteiger partial charge in [0.1, 0.15) is 5.75 Å². The summed E-state index contributed by atoms with van der Waals surface area (Å²) in [5.74, 6) is 0.924. The van der Waals surface area contributed by atoms with Crippen LogP contribution in [-0.2, 0) is 12.8 Å². The van der Waals surface area contributed by atoms with E-state index in [9.17, 15) is 0 Å². The van der Waals surface area contributed by atoms with E-state index in [-0.39, 0.29) is 0 Å². The molecule has 0 fully saturated rings. The summed E-state index contributed by atoms with van der Waals surface area (Å²) in [7, 11) is 3.74. The minimum atomic E-state index is 0.435. The second kappa shape index (κ2) is 7.11. The highest BCUT2D eigenvalue weighted by atomic mass is 16.5. The molecule has 0 saturated carbocycles. The Morgan fingerprint density at radius 3 is 2.35 bits per heavy atom. The molecule has 20 heavy (non-hydrogen) atoms. The summed E-state index contributed by atoms with van der Waals surface area (Å²) in [5.41, 5.74) is 3.98. The lowest BCUT2D eigenvalue weighted by atomic mass is 9.98. The van der Waals surface area contributed by atoms with Crippen LogP contribution < -0.4 is 10.1 Å². The molecular formula is C18H23NO. The van der Waals surface area contributed by atoms with Gasteiger partial charge < -0.3 is 10.1 Å². The normalized spacial score (nSPS) is 12.2. The van der Waals surface area contributed by atoms with Crippen molar-refractivity contribution in [2.45, 2.75) is 25.8 Å². The zero-order valence-corrected chi connectivity index (χ0v) is 12.5. The molecule has 2 aromatic rings. The van der Waals surface area contributed by atoms with Crippen molar-refractivity contribution in [3.63, 3.8) is 0 Å². The minimum Gasteiger partial charge on any atom is -0.497 e. The van der Waals surface area contributed by atoms with Crippen molar-refractivity contribution in [2.24, 2.45) is 0 Å². The first-order valence-corrected chi connectivity index (χ1v) is 7.07. The molecule has 0 amide bonds. The SMILES string of the molecule is CNC(Cc1ccc(C)cc1)Cc1cccc(OC)c1. The molecule has 1 N–H and O–H groups in total. The lowest BCUT2D eigenvalue weighted by Gasteiger charge is -2.17. The Morgan fingerprint density at radius 1 is 1.00 bits per heavy atom. The molecular weight excluding hydrogens is 246 g/mol. The molecule has 2 nitrogen and oxygen atoms in total. The third-order valence-electron chi connectivity index (χ3n) is 3.63. The molecule has 0 bridgehead atoms. The molecule has 0 aliphatic carbocycles. The topological polar surface area (TPSA) is 21.3 Å². The van der Waals surface area contributed by atoms with E-state index in [1.54, 1.807) is 7.11 Å². The number of benzene rings is 2. The van der Waals surface area contributed by atoms with Gasteiger partial charge in [0.15, 0.2) is 0 Å². The van der Waals surface area contributed by atoms with E-state index in [4.69, 9.17) is 4.74 Å². The van der Waals surface area contributed by atoms with Crippen molar-refractivity contribution in [3.8, 4) is 5.75 Å². The third-order valence-corrected chi connectivity index (χ3v) is 3.63. The summed E-state index contributed by atoms with van der Waals surface area (Å²) in [6.45, 7) is 2.12. The molecule has 2 heteroatoms. The van der Waals surface area contributed by atoms with Crippen molar-refractivity contribution in [2.75, 3.05) is 14.2 Å². The fraction of sp³-hybridized carbons (Fsp3) is 0.333. The highest BCUT2D eigenvalue weighted by Crippen LogP contribution is 2.15. The molecule has 1 atom stereocenters. The van der Waals surface area contributed by atoms with Gasteiger partial charge in [-0.05, 0) is 50.1 Å². The van der Waals surface area contributed by atoms with Crippen LogP contribution in [0.2, 0.25) is 0 Å². The summed E-state index contributed by atoms with van der Waals surface area (Å²) < 4.78 is 5.28. The van der Waals surface area contributed by atoms with Gasteiger partial charge in [0.05, 0.1) is 7.11 Å². The molecule has 0 aromatic heterocycles. The molecule has 0 aliphatic heterocycles. The third kappa shape index (κ3) is 4.10. The number of methoxy groups -OCH3 is 1. The number of nitrogens with one attached hydrogen (secondary N) is 1. The highest BCUT2D eigenvalue weighted by molar-refractivity contribution is 5.29. The van der Waals surface area contributed by atoms with Gasteiger partial charge in [0.25, 0.3) is 0 Å². The lowest BCUT2D eigenvalue weighted by Crippen LogP contribution is -2.29. The average Bonchev–Trinajstić information content (AvgIpc) is 2.49. The van der Waals surface area contributed by atoms with Gasteiger partial charge in [-0.2, -0.15) is 0 Å². The molecule has 0 spiro atoms. The Balaban J connectivity index is 2.02. The van der Waals surface area contributed by atoms with Gasteiger partial charge in [-0.1, -0.05) is 42.0 Å². The maximum absolute atomic E-state index is 5.28. The summed E-state index contributed by atoms with van der Waals surface area (Å²) in [6.07, 6.45) is 2.04. The standard InChI is InChI=1S/C18H23NO/c1-14-7-9-15(10-8-14)11-17(19-2)12-16-5-4-6-18(13-16)20-3/h4-10,13,17,19H,11-12H2,1-3H3. The van der Waals surface area contributed by atoms with E-state index >= 15 is 0 Å². The Labute approximate surface area is 121 Å². The molecule has 106 valence electrons. The van der Waals surface area contributed by atoms with Crippen molar-refractivity contribution >= 4 is 0 Å². The minimum absolute atomic E-state index is 0.435. The number of hydrogen-bond acceptors (Lipinski definition) is 2. The number of likely N-dealkylation sites (N-methyl/N-ethyl adjacent to an activating group) is 1. The fourth-order valence-electron chi connectivity index (χ4n) is 2.37. The Morgan fingerprint density at radius 2 is 1.70 bits per heavy atom. The van der Waals surface area contributed by atoms with Crippen LogP contribution in [0.15, 0.2) is 48.5 Å². The van der Waals surface area contributed by atoms with E-state index in [0.717, 1.165) is 18.6 Å². The molecule has 0 radical (unpaired) electrons. The van der Waals surface area contributed by atoms with Gasteiger partial charge in [0.2, 0.25) is 0 Å². The molecule has 0 heterocycles. The van der Waals surface area contributed by atoms with Gasteiger partial charge in [0, 0.05) is 6.04 Å². The van der Waals surface area contributed by atoms with Crippen molar-refractivity contribution in [3.05, 3.63) is 65.2 Å². The highest BCUT2D eigenvalue weighted by Gasteiger charge is 2.09. The first kappa shape index (κ1) is 14.6. The molecule has 1 unspecified atom stereocenters. The van der Waals surface area contributed by atoms with Crippen molar-refractivity contribution < 1.29 is 4.74 Å². The molecule has 0 aliphatic rings. The van der Waals surface area contributed by atoms with Crippen LogP contribution in [-0.4, -0.2) is 20.2 Å². The summed E-state index contributed by atoms with van der Waals surface area (Å²) in [6, 6.07) is 17.5. The van der Waals surface area contributed by atoms with Crippen LogP contribution in [0.3, 0.4) is 0 Å². The first-order valence-electron chi connectivity index (χ1n) is 7.07. The summed E-state index contributed by atoms with van der Waals surface area (Å²) in [4.78, 5) is 0. The number of rotatable bonds is 6. The second-order valence-corrected chi connectivity index (χ2v) is 5.23. The molecule has 2 rings (SSSR count). The monoisotopic (exact) mass is 269 g/mol. The predicted molar refractivity (Wildman–Crippen MR) is 84.4 cm³/mol. The van der Waals surface area contributed by atoms with Crippen molar-refractivity contribution in [1.29, 1.82) is 0 Å². The van der Waals surface area contributed by atoms with Gasteiger partial charge >= 0.3 is 0 Å². The molecule has 0 saturated heterocycles. The van der Waals surface area contributed by atoms with Crippen LogP contribution in [0.5, 0.6) is 5.75 Å². The summed E-state index contributed by atoms with van der Waals surface area (Å²) in [5, 5.41) is 3.41. The zero-order chi connectivity index (χ0) is 14.4. The Kier molecular flexibility index (Phi) is 5.19. The van der Waals surface area contributed by atoms with Crippen LogP contribution in [0, 0.1) is 6.92 Å².